The second kappa shape index (κ2) is 8.99. The zero-order chi connectivity index (χ0) is 24.7. The molecule has 3 aromatic heterocycles. The number of aromatic nitrogens is 4. The van der Waals surface area contributed by atoms with Crippen LogP contribution in [-0.2, 0) is 5.92 Å². The molecule has 4 heterocycles. The van der Waals surface area contributed by atoms with Gasteiger partial charge in [-0.05, 0) is 49.2 Å². The maximum atomic E-state index is 14.3. The Morgan fingerprint density at radius 3 is 2.51 bits per heavy atom. The third kappa shape index (κ3) is 4.88. The minimum absolute atomic E-state index is 0.0419. The lowest BCUT2D eigenvalue weighted by molar-refractivity contribution is 0.0128. The van der Waals surface area contributed by atoms with Crippen molar-refractivity contribution in [3.8, 4) is 11.1 Å². The number of hydrogen-bond acceptors (Lipinski definition) is 5. The summed E-state index contributed by atoms with van der Waals surface area (Å²) in [4.78, 5) is 10.3. The van der Waals surface area contributed by atoms with E-state index >= 15 is 0 Å². The molecule has 6 nitrogen and oxygen atoms in total. The standard InChI is InChI=1S/C24H21ClF4N6/c1-24(28,29)21-12-17(4-7-30-21)34-8-5-16(6-9-34)31-23-32-22-19(10-15(27)13-35(22)33-23)18-3-2-14(26)11-20(18)25/h2-4,7,10-13,16H,5-6,8-9H2,1H3,(H,31,33). The summed E-state index contributed by atoms with van der Waals surface area (Å²) in [7, 11) is 0. The average Bonchev–Trinajstić information content (AvgIpc) is 3.21. The van der Waals surface area contributed by atoms with E-state index in [1.807, 2.05) is 4.90 Å². The first-order chi connectivity index (χ1) is 16.7. The van der Waals surface area contributed by atoms with Gasteiger partial charge in [0.25, 0.3) is 5.92 Å². The van der Waals surface area contributed by atoms with Gasteiger partial charge >= 0.3 is 0 Å². The Bertz CT molecular complexity index is 1380. The number of piperidine rings is 1. The Hall–Kier alpha value is -3.40. The SMILES string of the molecule is CC(F)(F)c1cc(N2CCC(Nc3nc4c(-c5ccc(F)cc5Cl)cc(F)cn4n3)CC2)ccn1. The fourth-order valence-corrected chi connectivity index (χ4v) is 4.51. The van der Waals surface area contributed by atoms with E-state index in [1.165, 1.54) is 41.2 Å². The Morgan fingerprint density at radius 1 is 1.03 bits per heavy atom. The number of halogens is 5. The second-order valence-electron chi connectivity index (χ2n) is 8.59. The van der Waals surface area contributed by atoms with Crippen LogP contribution in [0.2, 0.25) is 5.02 Å². The minimum Gasteiger partial charge on any atom is -0.371 e. The number of hydrogen-bond donors (Lipinski definition) is 1. The molecule has 0 bridgehead atoms. The van der Waals surface area contributed by atoms with E-state index in [9.17, 15) is 17.6 Å². The lowest BCUT2D eigenvalue weighted by atomic mass is 10.0. The fourth-order valence-electron chi connectivity index (χ4n) is 4.24. The molecular weight excluding hydrogens is 484 g/mol. The zero-order valence-electron chi connectivity index (χ0n) is 18.7. The third-order valence-corrected chi connectivity index (χ3v) is 6.32. The quantitative estimate of drug-likeness (QED) is 0.342. The molecule has 1 fully saturated rings. The Morgan fingerprint density at radius 2 is 1.80 bits per heavy atom. The summed E-state index contributed by atoms with van der Waals surface area (Å²) in [5, 5.41) is 7.77. The van der Waals surface area contributed by atoms with Crippen LogP contribution < -0.4 is 10.2 Å². The highest BCUT2D eigenvalue weighted by molar-refractivity contribution is 6.33. The number of fused-ring (bicyclic) bond motifs is 1. The van der Waals surface area contributed by atoms with Gasteiger partial charge in [0, 0.05) is 49.1 Å². The van der Waals surface area contributed by atoms with Crippen molar-refractivity contribution in [2.75, 3.05) is 23.3 Å². The fraction of sp³-hybridized carbons (Fsp3) is 0.292. The van der Waals surface area contributed by atoms with Crippen molar-refractivity contribution in [2.24, 2.45) is 0 Å². The molecule has 4 aromatic rings. The van der Waals surface area contributed by atoms with Crippen molar-refractivity contribution < 1.29 is 17.6 Å². The van der Waals surface area contributed by atoms with Gasteiger partial charge in [0.05, 0.1) is 11.2 Å². The van der Waals surface area contributed by atoms with Crippen molar-refractivity contribution in [3.05, 3.63) is 71.1 Å². The molecule has 0 atom stereocenters. The summed E-state index contributed by atoms with van der Waals surface area (Å²) in [5.74, 6) is -3.70. The maximum absolute atomic E-state index is 14.3. The molecule has 1 saturated heterocycles. The molecule has 1 aliphatic rings. The molecule has 5 rings (SSSR count). The van der Waals surface area contributed by atoms with Gasteiger partial charge in [-0.3, -0.25) is 4.98 Å². The molecule has 0 amide bonds. The summed E-state index contributed by atoms with van der Waals surface area (Å²) in [6, 6.07) is 8.36. The van der Waals surface area contributed by atoms with E-state index in [0.717, 1.165) is 25.8 Å². The van der Waals surface area contributed by atoms with Gasteiger partial charge in [0.1, 0.15) is 17.3 Å². The van der Waals surface area contributed by atoms with E-state index in [0.29, 0.717) is 41.5 Å². The normalized spacial score (nSPS) is 15.1. The highest BCUT2D eigenvalue weighted by Gasteiger charge is 2.28. The monoisotopic (exact) mass is 504 g/mol. The summed E-state index contributed by atoms with van der Waals surface area (Å²) in [6.07, 6.45) is 4.06. The highest BCUT2D eigenvalue weighted by Crippen LogP contribution is 2.33. The smallest absolute Gasteiger partial charge is 0.287 e. The molecule has 0 spiro atoms. The average molecular weight is 505 g/mol. The van der Waals surface area contributed by atoms with Gasteiger partial charge in [0.2, 0.25) is 5.95 Å². The first kappa shape index (κ1) is 23.3. The summed E-state index contributed by atoms with van der Waals surface area (Å²) in [6.45, 7) is 2.13. The number of alkyl halides is 2. The predicted molar refractivity (Wildman–Crippen MR) is 126 cm³/mol. The van der Waals surface area contributed by atoms with E-state index in [4.69, 9.17) is 11.6 Å². The molecule has 1 N–H and O–H groups in total. The van der Waals surface area contributed by atoms with Crippen LogP contribution in [0.25, 0.3) is 16.8 Å². The van der Waals surface area contributed by atoms with Crippen LogP contribution in [0.3, 0.4) is 0 Å². The molecule has 1 aromatic carbocycles. The molecule has 0 aliphatic carbocycles. The van der Waals surface area contributed by atoms with Crippen LogP contribution in [0, 0.1) is 11.6 Å². The Kier molecular flexibility index (Phi) is 6.00. The van der Waals surface area contributed by atoms with Crippen molar-refractivity contribution in [3.63, 3.8) is 0 Å². The van der Waals surface area contributed by atoms with E-state index in [-0.39, 0.29) is 16.8 Å². The molecule has 35 heavy (non-hydrogen) atoms. The Balaban J connectivity index is 1.32. The van der Waals surface area contributed by atoms with Crippen molar-refractivity contribution >= 4 is 28.9 Å². The van der Waals surface area contributed by atoms with Crippen LogP contribution in [0.1, 0.15) is 25.5 Å². The van der Waals surface area contributed by atoms with Crippen LogP contribution in [0.15, 0.2) is 48.8 Å². The topological polar surface area (TPSA) is 58.4 Å². The van der Waals surface area contributed by atoms with Crippen LogP contribution >= 0.6 is 11.6 Å². The summed E-state index contributed by atoms with van der Waals surface area (Å²) >= 11 is 6.19. The number of rotatable bonds is 5. The minimum atomic E-state index is -3.00. The van der Waals surface area contributed by atoms with Crippen LogP contribution in [0.5, 0.6) is 0 Å². The number of nitrogens with zero attached hydrogens (tertiary/aromatic N) is 5. The van der Waals surface area contributed by atoms with Gasteiger partial charge in [-0.25, -0.2) is 13.3 Å². The number of nitrogens with one attached hydrogen (secondary N) is 1. The van der Waals surface area contributed by atoms with Gasteiger partial charge in [-0.1, -0.05) is 11.6 Å². The second-order valence-corrected chi connectivity index (χ2v) is 9.00. The molecule has 0 saturated carbocycles. The first-order valence-corrected chi connectivity index (χ1v) is 11.4. The highest BCUT2D eigenvalue weighted by atomic mass is 35.5. The first-order valence-electron chi connectivity index (χ1n) is 11.0. The van der Waals surface area contributed by atoms with Gasteiger partial charge in [0.15, 0.2) is 5.65 Å². The molecular formula is C24H21ClF4N6. The Labute approximate surface area is 203 Å². The predicted octanol–water partition coefficient (Wildman–Crippen LogP) is 5.92. The van der Waals surface area contributed by atoms with Gasteiger partial charge in [-0.2, -0.15) is 13.8 Å². The van der Waals surface area contributed by atoms with Crippen molar-refractivity contribution in [1.29, 1.82) is 0 Å². The van der Waals surface area contributed by atoms with Gasteiger partial charge < -0.3 is 10.2 Å². The van der Waals surface area contributed by atoms with E-state index in [1.54, 1.807) is 6.07 Å². The summed E-state index contributed by atoms with van der Waals surface area (Å²) in [5.41, 5.74) is 1.67. The number of benzene rings is 1. The zero-order valence-corrected chi connectivity index (χ0v) is 19.4. The van der Waals surface area contributed by atoms with Crippen molar-refractivity contribution in [2.45, 2.75) is 31.7 Å². The van der Waals surface area contributed by atoms with E-state index in [2.05, 4.69) is 20.4 Å². The van der Waals surface area contributed by atoms with Gasteiger partial charge in [-0.15, -0.1) is 5.10 Å². The maximum Gasteiger partial charge on any atom is 0.287 e. The molecule has 0 unspecified atom stereocenters. The summed E-state index contributed by atoms with van der Waals surface area (Å²) < 4.78 is 56.4. The molecule has 182 valence electrons. The lowest BCUT2D eigenvalue weighted by Gasteiger charge is -2.34. The molecule has 1 aliphatic heterocycles. The lowest BCUT2D eigenvalue weighted by Crippen LogP contribution is -2.39. The number of pyridine rings is 2. The van der Waals surface area contributed by atoms with E-state index < -0.39 is 17.6 Å². The van der Waals surface area contributed by atoms with Crippen LogP contribution in [0.4, 0.5) is 29.2 Å². The van der Waals surface area contributed by atoms with Crippen LogP contribution in [-0.4, -0.2) is 38.7 Å². The molecule has 0 radical (unpaired) electrons. The van der Waals surface area contributed by atoms with Crippen molar-refractivity contribution in [1.82, 2.24) is 19.6 Å². The largest absolute Gasteiger partial charge is 0.371 e. The third-order valence-electron chi connectivity index (χ3n) is 6.01. The molecule has 11 heteroatoms. The number of anilines is 2.